The van der Waals surface area contributed by atoms with Gasteiger partial charge < -0.3 is 18.9 Å². The maximum atomic E-state index is 6.08. The molecule has 0 N–H and O–H groups in total. The van der Waals surface area contributed by atoms with Gasteiger partial charge in [-0.1, -0.05) is 60.7 Å². The van der Waals surface area contributed by atoms with E-state index < -0.39 is 12.6 Å². The average Bonchev–Trinajstić information content (AvgIpc) is 3.39. The summed E-state index contributed by atoms with van der Waals surface area (Å²) in [4.78, 5) is 4.95. The highest BCUT2D eigenvalue weighted by Crippen LogP contribution is 2.41. The van der Waals surface area contributed by atoms with E-state index in [2.05, 4.69) is 65.1 Å². The molecule has 3 aromatic carbocycles. The number of ether oxygens (including phenoxy) is 4. The van der Waals surface area contributed by atoms with Crippen LogP contribution in [-0.2, 0) is 18.9 Å². The fourth-order valence-electron chi connectivity index (χ4n) is 5.38. The Hall–Kier alpha value is -3.29. The van der Waals surface area contributed by atoms with Crippen molar-refractivity contribution in [3.05, 3.63) is 84.1 Å². The molecule has 35 heavy (non-hydrogen) atoms. The number of imidazole rings is 1. The third-order valence-electron chi connectivity index (χ3n) is 6.91. The zero-order valence-electron chi connectivity index (χ0n) is 19.4. The standard InChI is InChI=1S/C29H26N2O4/c1-2-10-21-19(8-1)20-9-3-4-13-24(20)31-25(18-30-27(21)31)26-22(28-32-14-6-15-33-28)11-5-12-23(26)29-34-16-7-17-35-29/h1-5,8-13,18,28-29H,6-7,14-17H2. The van der Waals surface area contributed by atoms with Crippen molar-refractivity contribution >= 4 is 27.3 Å². The SMILES string of the molecule is c1cc(C2OCCCO2)c(-c2cnc3c4ccccc4c4ccccc4n23)c(C2OCCCO2)c1. The zero-order valence-corrected chi connectivity index (χ0v) is 19.4. The summed E-state index contributed by atoms with van der Waals surface area (Å²) in [6.07, 6.45) is 2.86. The molecular weight excluding hydrogens is 440 g/mol. The maximum Gasteiger partial charge on any atom is 0.184 e. The largest absolute Gasteiger partial charge is 0.348 e. The van der Waals surface area contributed by atoms with E-state index in [1.165, 1.54) is 10.8 Å². The molecule has 2 aromatic heterocycles. The fourth-order valence-corrected chi connectivity index (χ4v) is 5.38. The third-order valence-corrected chi connectivity index (χ3v) is 6.91. The van der Waals surface area contributed by atoms with E-state index in [1.807, 2.05) is 12.3 Å². The highest BCUT2D eigenvalue weighted by Gasteiger charge is 2.29. The first-order valence-electron chi connectivity index (χ1n) is 12.3. The first-order chi connectivity index (χ1) is 17.4. The zero-order chi connectivity index (χ0) is 23.2. The Balaban J connectivity index is 1.56. The van der Waals surface area contributed by atoms with Crippen molar-refractivity contribution in [3.63, 3.8) is 0 Å². The molecule has 176 valence electrons. The van der Waals surface area contributed by atoms with Crippen molar-refractivity contribution in [2.75, 3.05) is 26.4 Å². The van der Waals surface area contributed by atoms with Gasteiger partial charge >= 0.3 is 0 Å². The van der Waals surface area contributed by atoms with Gasteiger partial charge in [-0.15, -0.1) is 0 Å². The van der Waals surface area contributed by atoms with Gasteiger partial charge in [0.1, 0.15) is 5.65 Å². The van der Waals surface area contributed by atoms with E-state index in [-0.39, 0.29) is 0 Å². The molecule has 6 heteroatoms. The van der Waals surface area contributed by atoms with Crippen LogP contribution in [0, 0.1) is 0 Å². The molecule has 0 unspecified atom stereocenters. The topological polar surface area (TPSA) is 54.2 Å². The second-order valence-corrected chi connectivity index (χ2v) is 9.03. The van der Waals surface area contributed by atoms with Crippen LogP contribution in [0.25, 0.3) is 38.6 Å². The Labute approximate surface area is 203 Å². The summed E-state index contributed by atoms with van der Waals surface area (Å²) in [5.41, 5.74) is 5.94. The monoisotopic (exact) mass is 466 g/mol. The van der Waals surface area contributed by atoms with Gasteiger partial charge in [0.25, 0.3) is 0 Å². The molecule has 0 bridgehead atoms. The van der Waals surface area contributed by atoms with E-state index in [1.54, 1.807) is 0 Å². The Kier molecular flexibility index (Phi) is 5.25. The van der Waals surface area contributed by atoms with Crippen LogP contribution in [0.2, 0.25) is 0 Å². The number of benzene rings is 3. The highest BCUT2D eigenvalue weighted by molar-refractivity contribution is 6.12. The summed E-state index contributed by atoms with van der Waals surface area (Å²) in [6.45, 7) is 2.69. The maximum absolute atomic E-state index is 6.08. The van der Waals surface area contributed by atoms with Crippen LogP contribution in [0.1, 0.15) is 36.5 Å². The predicted molar refractivity (Wildman–Crippen MR) is 134 cm³/mol. The minimum absolute atomic E-state index is 0.445. The Morgan fingerprint density at radius 2 is 1.20 bits per heavy atom. The van der Waals surface area contributed by atoms with E-state index in [0.29, 0.717) is 26.4 Å². The molecule has 7 rings (SSSR count). The van der Waals surface area contributed by atoms with E-state index in [9.17, 15) is 0 Å². The van der Waals surface area contributed by atoms with Crippen molar-refractivity contribution in [1.82, 2.24) is 9.38 Å². The van der Waals surface area contributed by atoms with Crippen LogP contribution >= 0.6 is 0 Å². The Morgan fingerprint density at radius 1 is 0.629 bits per heavy atom. The number of nitrogens with zero attached hydrogens (tertiary/aromatic N) is 2. The fraction of sp³-hybridized carbons (Fsp3) is 0.276. The minimum Gasteiger partial charge on any atom is -0.348 e. The number of hydrogen-bond acceptors (Lipinski definition) is 5. The summed E-state index contributed by atoms with van der Waals surface area (Å²) < 4.78 is 26.6. The molecule has 0 radical (unpaired) electrons. The van der Waals surface area contributed by atoms with Crippen molar-refractivity contribution in [3.8, 4) is 11.3 Å². The lowest BCUT2D eigenvalue weighted by atomic mass is 9.96. The highest BCUT2D eigenvalue weighted by atomic mass is 16.7. The molecule has 2 aliphatic heterocycles. The van der Waals surface area contributed by atoms with Crippen LogP contribution < -0.4 is 0 Å². The molecule has 2 aliphatic rings. The summed E-state index contributed by atoms with van der Waals surface area (Å²) in [5.74, 6) is 0. The van der Waals surface area contributed by atoms with Crippen LogP contribution in [0.3, 0.4) is 0 Å². The number of para-hydroxylation sites is 1. The predicted octanol–water partition coefficient (Wildman–Crippen LogP) is 6.18. The van der Waals surface area contributed by atoms with Gasteiger partial charge in [0.05, 0.1) is 43.8 Å². The van der Waals surface area contributed by atoms with E-state index in [0.717, 1.165) is 51.8 Å². The number of fused-ring (bicyclic) bond motifs is 6. The molecule has 0 spiro atoms. The van der Waals surface area contributed by atoms with Gasteiger partial charge in [-0.05, 0) is 24.3 Å². The lowest BCUT2D eigenvalue weighted by Gasteiger charge is -2.29. The summed E-state index contributed by atoms with van der Waals surface area (Å²) in [7, 11) is 0. The second-order valence-electron chi connectivity index (χ2n) is 9.03. The lowest BCUT2D eigenvalue weighted by Crippen LogP contribution is -2.21. The quantitative estimate of drug-likeness (QED) is 0.297. The number of hydrogen-bond donors (Lipinski definition) is 0. The number of rotatable bonds is 3. The average molecular weight is 467 g/mol. The third kappa shape index (κ3) is 3.45. The van der Waals surface area contributed by atoms with Crippen LogP contribution in [-0.4, -0.2) is 35.8 Å². The van der Waals surface area contributed by atoms with Crippen LogP contribution in [0.4, 0.5) is 0 Å². The lowest BCUT2D eigenvalue weighted by molar-refractivity contribution is -0.185. The smallest absolute Gasteiger partial charge is 0.184 e. The van der Waals surface area contributed by atoms with Crippen molar-refractivity contribution in [2.24, 2.45) is 0 Å². The summed E-state index contributed by atoms with van der Waals surface area (Å²) in [5, 5.41) is 3.50. The van der Waals surface area contributed by atoms with Crippen molar-refractivity contribution < 1.29 is 18.9 Å². The normalized spacial score (nSPS) is 18.1. The van der Waals surface area contributed by atoms with E-state index >= 15 is 0 Å². The number of aromatic nitrogens is 2. The molecular formula is C29H26N2O4. The molecule has 0 amide bonds. The first-order valence-corrected chi connectivity index (χ1v) is 12.3. The van der Waals surface area contributed by atoms with Crippen LogP contribution in [0.15, 0.2) is 72.9 Å². The van der Waals surface area contributed by atoms with Crippen molar-refractivity contribution in [1.29, 1.82) is 0 Å². The molecule has 0 saturated carbocycles. The molecule has 6 nitrogen and oxygen atoms in total. The molecule has 0 atom stereocenters. The molecule has 5 aromatic rings. The van der Waals surface area contributed by atoms with Gasteiger partial charge in [0.15, 0.2) is 12.6 Å². The molecule has 0 aliphatic carbocycles. The van der Waals surface area contributed by atoms with Gasteiger partial charge in [-0.25, -0.2) is 4.98 Å². The Morgan fingerprint density at radius 3 is 1.86 bits per heavy atom. The minimum atomic E-state index is -0.445. The molecule has 4 heterocycles. The molecule has 2 saturated heterocycles. The first kappa shape index (κ1) is 21.0. The summed E-state index contributed by atoms with van der Waals surface area (Å²) in [6, 6.07) is 23.2. The molecule has 2 fully saturated rings. The summed E-state index contributed by atoms with van der Waals surface area (Å²) >= 11 is 0. The number of pyridine rings is 1. The van der Waals surface area contributed by atoms with E-state index in [4.69, 9.17) is 23.9 Å². The van der Waals surface area contributed by atoms with Gasteiger partial charge in [0, 0.05) is 27.5 Å². The van der Waals surface area contributed by atoms with Crippen LogP contribution in [0.5, 0.6) is 0 Å². The van der Waals surface area contributed by atoms with Gasteiger partial charge in [-0.3, -0.25) is 4.40 Å². The Bertz CT molecular complexity index is 1490. The van der Waals surface area contributed by atoms with Crippen molar-refractivity contribution in [2.45, 2.75) is 25.4 Å². The van der Waals surface area contributed by atoms with Gasteiger partial charge in [-0.2, -0.15) is 0 Å². The second kappa shape index (κ2) is 8.73. The van der Waals surface area contributed by atoms with Gasteiger partial charge in [0.2, 0.25) is 0 Å².